The van der Waals surface area contributed by atoms with Crippen molar-refractivity contribution in [3.63, 3.8) is 0 Å². The molecule has 8 heteroatoms. The average molecular weight is 554 g/mol. The number of para-hydroxylation sites is 2. The lowest BCUT2D eigenvalue weighted by Gasteiger charge is -2.40. The first kappa shape index (κ1) is 27.1. The summed E-state index contributed by atoms with van der Waals surface area (Å²) in [6, 6.07) is 23.9. The van der Waals surface area contributed by atoms with Gasteiger partial charge in [-0.3, -0.25) is 4.79 Å². The van der Waals surface area contributed by atoms with E-state index >= 15 is 0 Å². The van der Waals surface area contributed by atoms with Crippen LogP contribution in [-0.4, -0.2) is 55.2 Å². The second kappa shape index (κ2) is 11.8. The summed E-state index contributed by atoms with van der Waals surface area (Å²) in [4.78, 5) is 29.6. The fourth-order valence-electron chi connectivity index (χ4n) is 5.61. The van der Waals surface area contributed by atoms with Crippen molar-refractivity contribution in [3.05, 3.63) is 89.5 Å². The number of ether oxygens (including phenoxy) is 1. The van der Waals surface area contributed by atoms with Crippen LogP contribution in [0, 0.1) is 5.92 Å². The van der Waals surface area contributed by atoms with Crippen molar-refractivity contribution in [1.29, 1.82) is 0 Å². The fourth-order valence-corrected chi connectivity index (χ4v) is 5.61. The van der Waals surface area contributed by atoms with E-state index in [2.05, 4.69) is 39.8 Å². The van der Waals surface area contributed by atoms with Crippen molar-refractivity contribution in [2.75, 3.05) is 42.1 Å². The zero-order chi connectivity index (χ0) is 28.3. The fraction of sp³-hybridized carbons (Fsp3) is 0.394. The average Bonchev–Trinajstić information content (AvgIpc) is 3.92. The number of nitrogens with one attached hydrogen (secondary N) is 2. The maximum absolute atomic E-state index is 12.9. The van der Waals surface area contributed by atoms with Crippen molar-refractivity contribution < 1.29 is 14.3 Å². The lowest BCUT2D eigenvalue weighted by molar-refractivity contribution is 0.0794. The van der Waals surface area contributed by atoms with Gasteiger partial charge in [-0.1, -0.05) is 36.4 Å². The number of carbonyl (C=O) groups excluding carboxylic acids is 2. The van der Waals surface area contributed by atoms with E-state index in [0.717, 1.165) is 17.2 Å². The first-order valence-corrected chi connectivity index (χ1v) is 14.7. The number of hydrogen-bond acceptors (Lipinski definition) is 6. The molecule has 41 heavy (non-hydrogen) atoms. The summed E-state index contributed by atoms with van der Waals surface area (Å²) >= 11 is 0. The van der Waals surface area contributed by atoms with Crippen LogP contribution in [0.5, 0.6) is 0 Å². The Bertz CT molecular complexity index is 1370. The van der Waals surface area contributed by atoms with Crippen LogP contribution in [0.4, 0.5) is 21.9 Å². The van der Waals surface area contributed by atoms with E-state index in [1.807, 2.05) is 43.3 Å². The minimum Gasteiger partial charge on any atom is -0.445 e. The summed E-state index contributed by atoms with van der Waals surface area (Å²) in [5.74, 6) is 1.32. The van der Waals surface area contributed by atoms with Crippen molar-refractivity contribution in [2.24, 2.45) is 5.92 Å². The number of benzene rings is 3. The molecular formula is C33H39N5O3. The highest BCUT2D eigenvalue weighted by Gasteiger charge is 2.39. The van der Waals surface area contributed by atoms with Crippen LogP contribution in [0.15, 0.2) is 72.8 Å². The lowest BCUT2D eigenvalue weighted by Crippen LogP contribution is -2.54. The number of rotatable bonds is 9. The Balaban J connectivity index is 0.954. The van der Waals surface area contributed by atoms with E-state index in [-0.39, 0.29) is 24.6 Å². The highest BCUT2D eigenvalue weighted by molar-refractivity contribution is 6.05. The Kier molecular flexibility index (Phi) is 7.83. The molecule has 1 heterocycles. The number of carbonyl (C=O) groups is 2. The molecule has 6 rings (SSSR count). The van der Waals surface area contributed by atoms with E-state index in [9.17, 15) is 9.59 Å². The monoisotopic (exact) mass is 553 g/mol. The molecule has 0 radical (unpaired) electrons. The third kappa shape index (κ3) is 6.65. The second-order valence-corrected chi connectivity index (χ2v) is 11.7. The number of piperazine rings is 1. The van der Waals surface area contributed by atoms with Crippen molar-refractivity contribution in [1.82, 2.24) is 10.2 Å². The van der Waals surface area contributed by atoms with E-state index in [1.165, 1.54) is 31.4 Å². The van der Waals surface area contributed by atoms with Gasteiger partial charge in [-0.15, -0.1) is 0 Å². The zero-order valence-corrected chi connectivity index (χ0v) is 23.6. The van der Waals surface area contributed by atoms with Gasteiger partial charge in [0.1, 0.15) is 6.61 Å². The SMILES string of the molecule is C[C@@H]1CN(c2ccc(C(=O)Nc3ccccc3N)cc2)CCN1C(=O)OCc1ccc(C2C[C@@H]2NCC2CC2)cc1. The quantitative estimate of drug-likeness (QED) is 0.314. The summed E-state index contributed by atoms with van der Waals surface area (Å²) in [6.07, 6.45) is 3.70. The number of anilines is 3. The molecule has 3 aliphatic rings. The molecule has 4 N–H and O–H groups in total. The lowest BCUT2D eigenvalue weighted by atomic mass is 10.1. The molecule has 1 aliphatic heterocycles. The minimum atomic E-state index is -0.278. The topological polar surface area (TPSA) is 99.9 Å². The summed E-state index contributed by atoms with van der Waals surface area (Å²) in [7, 11) is 0. The number of amides is 2. The maximum Gasteiger partial charge on any atom is 0.410 e. The van der Waals surface area contributed by atoms with Crippen LogP contribution >= 0.6 is 0 Å². The van der Waals surface area contributed by atoms with Gasteiger partial charge in [0.05, 0.1) is 11.4 Å². The smallest absolute Gasteiger partial charge is 0.410 e. The highest BCUT2D eigenvalue weighted by Crippen LogP contribution is 2.41. The number of nitrogens with two attached hydrogens (primary N) is 1. The van der Waals surface area contributed by atoms with E-state index in [4.69, 9.17) is 10.5 Å². The second-order valence-electron chi connectivity index (χ2n) is 11.7. The predicted molar refractivity (Wildman–Crippen MR) is 162 cm³/mol. The van der Waals surface area contributed by atoms with Gasteiger partial charge in [0.15, 0.2) is 0 Å². The first-order valence-electron chi connectivity index (χ1n) is 14.7. The van der Waals surface area contributed by atoms with Crippen LogP contribution in [0.2, 0.25) is 0 Å². The molecule has 1 saturated heterocycles. The molecule has 1 unspecified atom stereocenters. The zero-order valence-electron chi connectivity index (χ0n) is 23.6. The minimum absolute atomic E-state index is 0.00223. The van der Waals surface area contributed by atoms with Gasteiger partial charge >= 0.3 is 6.09 Å². The van der Waals surface area contributed by atoms with Gasteiger partial charge < -0.3 is 30.9 Å². The standard InChI is InChI=1S/C33H39N5O3/c1-22-20-37(27-14-12-26(13-15-27)32(39)36-30-5-3-2-4-29(30)34)16-17-38(22)33(40)41-21-24-8-10-25(11-9-24)28-18-31(28)35-19-23-6-7-23/h2-5,8-15,22-23,28,31,35H,6-7,16-21,34H2,1H3,(H,36,39)/t22-,28?,31+/m1/s1. The Labute approximate surface area is 241 Å². The molecule has 2 saturated carbocycles. The molecule has 2 aliphatic carbocycles. The summed E-state index contributed by atoms with van der Waals surface area (Å²) < 4.78 is 5.69. The molecule has 2 amide bonds. The van der Waals surface area contributed by atoms with Crippen LogP contribution in [0.1, 0.15) is 53.6 Å². The molecule has 8 nitrogen and oxygen atoms in total. The summed E-state index contributed by atoms with van der Waals surface area (Å²) in [6.45, 7) is 5.43. The van der Waals surface area contributed by atoms with Gasteiger partial charge in [-0.25, -0.2) is 4.79 Å². The normalized spacial score (nSPS) is 21.8. The number of hydrogen-bond donors (Lipinski definition) is 3. The van der Waals surface area contributed by atoms with Gasteiger partial charge in [0.2, 0.25) is 0 Å². The van der Waals surface area contributed by atoms with Gasteiger partial charge in [0, 0.05) is 48.9 Å². The maximum atomic E-state index is 12.9. The molecule has 0 spiro atoms. The Morgan fingerprint density at radius 3 is 2.44 bits per heavy atom. The van der Waals surface area contributed by atoms with Crippen LogP contribution < -0.4 is 21.3 Å². The van der Waals surface area contributed by atoms with Crippen molar-refractivity contribution >= 4 is 29.1 Å². The van der Waals surface area contributed by atoms with E-state index < -0.39 is 0 Å². The molecule has 3 aromatic carbocycles. The molecule has 0 aromatic heterocycles. The largest absolute Gasteiger partial charge is 0.445 e. The summed E-state index contributed by atoms with van der Waals surface area (Å²) in [5.41, 5.74) is 11.0. The Morgan fingerprint density at radius 1 is 0.976 bits per heavy atom. The first-order chi connectivity index (χ1) is 19.9. The third-order valence-electron chi connectivity index (χ3n) is 8.49. The van der Waals surface area contributed by atoms with Gasteiger partial charge in [0.25, 0.3) is 5.91 Å². The highest BCUT2D eigenvalue weighted by atomic mass is 16.6. The van der Waals surface area contributed by atoms with Crippen LogP contribution in [-0.2, 0) is 11.3 Å². The molecule has 3 atom stereocenters. The summed E-state index contributed by atoms with van der Waals surface area (Å²) in [5, 5.41) is 6.55. The predicted octanol–water partition coefficient (Wildman–Crippen LogP) is 5.22. The molecule has 214 valence electrons. The van der Waals surface area contributed by atoms with Gasteiger partial charge in [-0.05, 0) is 86.2 Å². The number of nitrogen functional groups attached to an aromatic ring is 1. The molecule has 3 aromatic rings. The van der Waals surface area contributed by atoms with Crippen molar-refractivity contribution in [2.45, 2.75) is 50.8 Å². The van der Waals surface area contributed by atoms with Crippen molar-refractivity contribution in [3.8, 4) is 0 Å². The molecular weight excluding hydrogens is 514 g/mol. The Morgan fingerprint density at radius 2 is 1.73 bits per heavy atom. The third-order valence-corrected chi connectivity index (χ3v) is 8.49. The molecule has 3 fully saturated rings. The molecule has 0 bridgehead atoms. The van der Waals surface area contributed by atoms with Crippen LogP contribution in [0.3, 0.4) is 0 Å². The Hall–Kier alpha value is -4.04. The van der Waals surface area contributed by atoms with E-state index in [0.29, 0.717) is 48.5 Å². The van der Waals surface area contributed by atoms with Gasteiger partial charge in [-0.2, -0.15) is 0 Å². The van der Waals surface area contributed by atoms with Crippen LogP contribution in [0.25, 0.3) is 0 Å². The van der Waals surface area contributed by atoms with E-state index in [1.54, 1.807) is 17.0 Å². The number of nitrogens with zero attached hydrogens (tertiary/aromatic N) is 2.